The van der Waals surface area contributed by atoms with Crippen molar-refractivity contribution in [3.8, 4) is 0 Å². The SMILES string of the molecule is Cc1ccc2c(CCl)cc(=O)oc2c1C. The van der Waals surface area contributed by atoms with E-state index in [1.54, 1.807) is 0 Å². The Morgan fingerprint density at radius 1 is 1.33 bits per heavy atom. The first-order valence-corrected chi connectivity index (χ1v) is 5.26. The molecule has 0 atom stereocenters. The summed E-state index contributed by atoms with van der Waals surface area (Å²) in [6.45, 7) is 3.93. The van der Waals surface area contributed by atoms with E-state index in [2.05, 4.69) is 0 Å². The minimum Gasteiger partial charge on any atom is -0.422 e. The third-order valence-corrected chi connectivity index (χ3v) is 2.95. The number of hydrogen-bond acceptors (Lipinski definition) is 2. The zero-order valence-electron chi connectivity index (χ0n) is 8.63. The molecule has 1 aromatic heterocycles. The number of alkyl halides is 1. The third-order valence-electron chi connectivity index (χ3n) is 2.66. The molecule has 2 rings (SSSR count). The summed E-state index contributed by atoms with van der Waals surface area (Å²) in [6, 6.07) is 5.40. The second-order valence-corrected chi connectivity index (χ2v) is 3.88. The summed E-state index contributed by atoms with van der Waals surface area (Å²) < 4.78 is 5.20. The van der Waals surface area contributed by atoms with Gasteiger partial charge in [-0.25, -0.2) is 4.79 Å². The van der Waals surface area contributed by atoms with Crippen molar-refractivity contribution in [1.29, 1.82) is 0 Å². The molecule has 2 aromatic rings. The van der Waals surface area contributed by atoms with Gasteiger partial charge in [0, 0.05) is 17.3 Å². The number of aryl methyl sites for hydroxylation is 2. The average molecular weight is 223 g/mol. The molecule has 0 fully saturated rings. The lowest BCUT2D eigenvalue weighted by Crippen LogP contribution is -2.00. The second kappa shape index (κ2) is 3.70. The van der Waals surface area contributed by atoms with Crippen LogP contribution in [0.2, 0.25) is 0 Å². The minimum atomic E-state index is -0.341. The first-order valence-electron chi connectivity index (χ1n) is 4.72. The summed E-state index contributed by atoms with van der Waals surface area (Å²) in [5.41, 5.74) is 3.24. The highest BCUT2D eigenvalue weighted by Crippen LogP contribution is 2.23. The normalized spacial score (nSPS) is 10.9. The molecule has 78 valence electrons. The number of hydrogen-bond donors (Lipinski definition) is 0. The molecule has 0 radical (unpaired) electrons. The van der Waals surface area contributed by atoms with Gasteiger partial charge in [-0.2, -0.15) is 0 Å². The fourth-order valence-electron chi connectivity index (χ4n) is 1.64. The van der Waals surface area contributed by atoms with Gasteiger partial charge >= 0.3 is 5.63 Å². The van der Waals surface area contributed by atoms with Gasteiger partial charge in [-0.15, -0.1) is 11.6 Å². The predicted molar refractivity (Wildman–Crippen MR) is 61.5 cm³/mol. The van der Waals surface area contributed by atoms with Crippen molar-refractivity contribution in [3.05, 3.63) is 45.3 Å². The molecule has 0 spiro atoms. The third kappa shape index (κ3) is 1.65. The van der Waals surface area contributed by atoms with Gasteiger partial charge in [0.2, 0.25) is 0 Å². The Morgan fingerprint density at radius 2 is 2.07 bits per heavy atom. The summed E-state index contributed by atoms with van der Waals surface area (Å²) in [5.74, 6) is 0.324. The zero-order chi connectivity index (χ0) is 11.0. The van der Waals surface area contributed by atoms with E-state index in [-0.39, 0.29) is 5.63 Å². The molecule has 0 saturated heterocycles. The second-order valence-electron chi connectivity index (χ2n) is 3.61. The number of benzene rings is 1. The van der Waals surface area contributed by atoms with Crippen molar-refractivity contribution < 1.29 is 4.42 Å². The lowest BCUT2D eigenvalue weighted by atomic mass is 10.0. The van der Waals surface area contributed by atoms with Crippen LogP contribution in [0.4, 0.5) is 0 Å². The van der Waals surface area contributed by atoms with Crippen molar-refractivity contribution in [2.75, 3.05) is 0 Å². The van der Waals surface area contributed by atoms with Crippen molar-refractivity contribution in [1.82, 2.24) is 0 Å². The summed E-state index contributed by atoms with van der Waals surface area (Å²) in [4.78, 5) is 11.3. The molecule has 1 heterocycles. The lowest BCUT2D eigenvalue weighted by Gasteiger charge is -2.06. The van der Waals surface area contributed by atoms with E-state index in [0.29, 0.717) is 11.5 Å². The van der Waals surface area contributed by atoms with Crippen LogP contribution in [0.1, 0.15) is 16.7 Å². The van der Waals surface area contributed by atoms with Crippen LogP contribution in [0.3, 0.4) is 0 Å². The molecule has 3 heteroatoms. The Morgan fingerprint density at radius 3 is 2.73 bits per heavy atom. The molecule has 0 N–H and O–H groups in total. The van der Waals surface area contributed by atoms with E-state index < -0.39 is 0 Å². The predicted octanol–water partition coefficient (Wildman–Crippen LogP) is 3.15. The van der Waals surface area contributed by atoms with Crippen LogP contribution < -0.4 is 5.63 Å². The Bertz CT molecular complexity index is 570. The fraction of sp³-hybridized carbons (Fsp3) is 0.250. The Kier molecular flexibility index (Phi) is 2.53. The topological polar surface area (TPSA) is 30.2 Å². The zero-order valence-corrected chi connectivity index (χ0v) is 9.39. The van der Waals surface area contributed by atoms with Crippen LogP contribution in [-0.4, -0.2) is 0 Å². The summed E-state index contributed by atoms with van der Waals surface area (Å²) in [7, 11) is 0. The first kappa shape index (κ1) is 10.2. The molecule has 0 bridgehead atoms. The number of fused-ring (bicyclic) bond motifs is 1. The molecular weight excluding hydrogens is 212 g/mol. The smallest absolute Gasteiger partial charge is 0.336 e. The molecule has 1 aromatic carbocycles. The minimum absolute atomic E-state index is 0.324. The highest BCUT2D eigenvalue weighted by Gasteiger charge is 2.08. The highest BCUT2D eigenvalue weighted by atomic mass is 35.5. The fourth-order valence-corrected chi connectivity index (χ4v) is 1.86. The van der Waals surface area contributed by atoms with Crippen LogP contribution >= 0.6 is 11.6 Å². The van der Waals surface area contributed by atoms with Crippen LogP contribution in [-0.2, 0) is 5.88 Å². The van der Waals surface area contributed by atoms with Crippen LogP contribution in [0.5, 0.6) is 0 Å². The monoisotopic (exact) mass is 222 g/mol. The average Bonchev–Trinajstić information content (AvgIpc) is 2.23. The molecule has 15 heavy (non-hydrogen) atoms. The molecule has 0 aliphatic carbocycles. The largest absolute Gasteiger partial charge is 0.422 e. The van der Waals surface area contributed by atoms with Crippen molar-refractivity contribution in [2.24, 2.45) is 0 Å². The Hall–Kier alpha value is -1.28. The molecule has 0 unspecified atom stereocenters. The summed E-state index contributed by atoms with van der Waals surface area (Å²) >= 11 is 5.79. The van der Waals surface area contributed by atoms with E-state index in [1.807, 2.05) is 26.0 Å². The molecule has 0 aliphatic heterocycles. The maximum absolute atomic E-state index is 11.3. The quantitative estimate of drug-likeness (QED) is 0.548. The van der Waals surface area contributed by atoms with Gasteiger partial charge in [-0.3, -0.25) is 0 Å². The molecule has 0 amide bonds. The van der Waals surface area contributed by atoms with Gasteiger partial charge in [-0.05, 0) is 30.5 Å². The van der Waals surface area contributed by atoms with Gasteiger partial charge in [-0.1, -0.05) is 12.1 Å². The van der Waals surface area contributed by atoms with Gasteiger partial charge < -0.3 is 4.42 Å². The van der Waals surface area contributed by atoms with Crippen molar-refractivity contribution in [3.63, 3.8) is 0 Å². The standard InChI is InChI=1S/C12H11ClO2/c1-7-3-4-10-9(6-13)5-11(14)15-12(10)8(7)2/h3-5H,6H2,1-2H3. The lowest BCUT2D eigenvalue weighted by molar-refractivity contribution is 0.557. The van der Waals surface area contributed by atoms with E-state index in [1.165, 1.54) is 6.07 Å². The van der Waals surface area contributed by atoms with Gasteiger partial charge in [0.15, 0.2) is 0 Å². The van der Waals surface area contributed by atoms with E-state index in [9.17, 15) is 4.79 Å². The van der Waals surface area contributed by atoms with Crippen LogP contribution in [0.25, 0.3) is 11.0 Å². The van der Waals surface area contributed by atoms with E-state index >= 15 is 0 Å². The maximum Gasteiger partial charge on any atom is 0.336 e. The first-order chi connectivity index (χ1) is 7.13. The summed E-state index contributed by atoms with van der Waals surface area (Å²) in [6.07, 6.45) is 0. The Labute approximate surface area is 92.5 Å². The highest BCUT2D eigenvalue weighted by molar-refractivity contribution is 6.18. The van der Waals surface area contributed by atoms with Crippen LogP contribution in [0.15, 0.2) is 27.4 Å². The van der Waals surface area contributed by atoms with Gasteiger partial charge in [0.1, 0.15) is 5.58 Å². The molecule has 0 aliphatic rings. The van der Waals surface area contributed by atoms with Crippen molar-refractivity contribution >= 4 is 22.6 Å². The number of halogens is 1. The Balaban J connectivity index is 2.96. The maximum atomic E-state index is 11.3. The molecule has 2 nitrogen and oxygen atoms in total. The van der Waals surface area contributed by atoms with Gasteiger partial charge in [0.05, 0.1) is 0 Å². The van der Waals surface area contributed by atoms with E-state index in [4.69, 9.17) is 16.0 Å². The van der Waals surface area contributed by atoms with Crippen LogP contribution in [0, 0.1) is 13.8 Å². The van der Waals surface area contributed by atoms with Crippen molar-refractivity contribution in [2.45, 2.75) is 19.7 Å². The molecule has 0 saturated carbocycles. The van der Waals surface area contributed by atoms with Gasteiger partial charge in [0.25, 0.3) is 0 Å². The summed E-state index contributed by atoms with van der Waals surface area (Å²) in [5, 5.41) is 0.924. The number of rotatable bonds is 1. The molecular formula is C12H11ClO2. The van der Waals surface area contributed by atoms with E-state index in [0.717, 1.165) is 22.1 Å².